The number of piperazine rings is 1. The quantitative estimate of drug-likeness (QED) is 0.620. The van der Waals surface area contributed by atoms with E-state index in [9.17, 15) is 14.7 Å². The molecule has 0 spiro atoms. The van der Waals surface area contributed by atoms with Crippen LogP contribution in [0.2, 0.25) is 0 Å². The maximum absolute atomic E-state index is 12.0. The van der Waals surface area contributed by atoms with Crippen molar-refractivity contribution in [2.24, 2.45) is 5.73 Å². The van der Waals surface area contributed by atoms with E-state index in [2.05, 4.69) is 10.2 Å². The van der Waals surface area contributed by atoms with E-state index in [4.69, 9.17) is 5.73 Å². The molecule has 1 aliphatic rings. The predicted molar refractivity (Wildman–Crippen MR) is 86.5 cm³/mol. The Kier molecular flexibility index (Phi) is 6.52. The molecule has 7 nitrogen and oxygen atoms in total. The molecule has 0 bridgehead atoms. The molecule has 0 aliphatic carbocycles. The van der Waals surface area contributed by atoms with Crippen LogP contribution in [0.4, 0.5) is 0 Å². The number of hydrogen-bond donors (Lipinski definition) is 3. The first kappa shape index (κ1) is 17.4. The fourth-order valence-electron chi connectivity index (χ4n) is 2.56. The Morgan fingerprint density at radius 3 is 2.43 bits per heavy atom. The highest BCUT2D eigenvalue weighted by atomic mass is 16.3. The van der Waals surface area contributed by atoms with Crippen molar-refractivity contribution < 1.29 is 14.7 Å². The van der Waals surface area contributed by atoms with Crippen LogP contribution >= 0.6 is 0 Å². The van der Waals surface area contributed by atoms with Crippen LogP contribution < -0.4 is 11.1 Å². The summed E-state index contributed by atoms with van der Waals surface area (Å²) in [6.07, 6.45) is -0.526. The van der Waals surface area contributed by atoms with E-state index >= 15 is 0 Å². The Balaban J connectivity index is 1.73. The monoisotopic (exact) mass is 320 g/mol. The van der Waals surface area contributed by atoms with Gasteiger partial charge in [0.25, 0.3) is 0 Å². The number of rotatable bonds is 6. The van der Waals surface area contributed by atoms with Crippen molar-refractivity contribution in [2.75, 3.05) is 45.8 Å². The zero-order valence-electron chi connectivity index (χ0n) is 13.1. The number of nitrogens with zero attached hydrogens (tertiary/aromatic N) is 2. The SMILES string of the molecule is NCC(=O)NCC(=O)N1CCN(CC(O)c2ccccc2)CC1. The van der Waals surface area contributed by atoms with Gasteiger partial charge in [-0.25, -0.2) is 0 Å². The number of aliphatic hydroxyl groups excluding tert-OH is 1. The fourth-order valence-corrected chi connectivity index (χ4v) is 2.56. The molecule has 1 atom stereocenters. The molecule has 1 unspecified atom stereocenters. The highest BCUT2D eigenvalue weighted by Crippen LogP contribution is 2.14. The second-order valence-electron chi connectivity index (χ2n) is 5.59. The smallest absolute Gasteiger partial charge is 0.242 e. The maximum Gasteiger partial charge on any atom is 0.242 e. The summed E-state index contributed by atoms with van der Waals surface area (Å²) < 4.78 is 0. The lowest BCUT2D eigenvalue weighted by molar-refractivity contribution is -0.134. The molecule has 2 amide bonds. The predicted octanol–water partition coefficient (Wildman–Crippen LogP) is -1.06. The fraction of sp³-hybridized carbons (Fsp3) is 0.500. The lowest BCUT2D eigenvalue weighted by atomic mass is 10.1. The van der Waals surface area contributed by atoms with Crippen LogP contribution in [0.25, 0.3) is 0 Å². The molecule has 4 N–H and O–H groups in total. The van der Waals surface area contributed by atoms with Crippen molar-refractivity contribution >= 4 is 11.8 Å². The molecular weight excluding hydrogens is 296 g/mol. The van der Waals surface area contributed by atoms with Crippen molar-refractivity contribution in [2.45, 2.75) is 6.10 Å². The Bertz CT molecular complexity index is 515. The molecular formula is C16H24N4O3. The topological polar surface area (TPSA) is 98.9 Å². The van der Waals surface area contributed by atoms with E-state index in [-0.39, 0.29) is 24.9 Å². The number of β-amino-alcohol motifs (C(OH)–C–C–N with tert-alkyl or cyclic N) is 1. The normalized spacial score (nSPS) is 16.9. The van der Waals surface area contributed by atoms with Gasteiger partial charge in [-0.05, 0) is 5.56 Å². The van der Waals surface area contributed by atoms with E-state index in [1.165, 1.54) is 0 Å². The van der Waals surface area contributed by atoms with Crippen molar-refractivity contribution in [3.8, 4) is 0 Å². The lowest BCUT2D eigenvalue weighted by Crippen LogP contribution is -2.52. The summed E-state index contributed by atoms with van der Waals surface area (Å²) in [6.45, 7) is 3.04. The van der Waals surface area contributed by atoms with Crippen LogP contribution in [0.3, 0.4) is 0 Å². The number of nitrogens with one attached hydrogen (secondary N) is 1. The summed E-state index contributed by atoms with van der Waals surface area (Å²) in [5.74, 6) is -0.432. The molecule has 1 saturated heterocycles. The second kappa shape index (κ2) is 8.61. The van der Waals surface area contributed by atoms with Crippen LogP contribution in [0, 0.1) is 0 Å². The van der Waals surface area contributed by atoms with Gasteiger partial charge in [-0.1, -0.05) is 30.3 Å². The number of aliphatic hydroxyl groups is 1. The molecule has 23 heavy (non-hydrogen) atoms. The van der Waals surface area contributed by atoms with Gasteiger partial charge < -0.3 is 21.1 Å². The van der Waals surface area contributed by atoms with Crippen LogP contribution in [0.5, 0.6) is 0 Å². The van der Waals surface area contributed by atoms with E-state index in [0.29, 0.717) is 32.7 Å². The zero-order chi connectivity index (χ0) is 16.7. The minimum absolute atomic E-state index is 0.0112. The Hall–Kier alpha value is -1.96. The molecule has 126 valence electrons. The van der Waals surface area contributed by atoms with Gasteiger partial charge in [0.05, 0.1) is 19.2 Å². The number of amides is 2. The van der Waals surface area contributed by atoms with Crippen LogP contribution in [-0.4, -0.2) is 72.5 Å². The van der Waals surface area contributed by atoms with Gasteiger partial charge in [0.15, 0.2) is 0 Å². The molecule has 7 heteroatoms. The minimum atomic E-state index is -0.526. The Labute approximate surface area is 136 Å². The Morgan fingerprint density at radius 2 is 1.83 bits per heavy atom. The highest BCUT2D eigenvalue weighted by molar-refractivity contribution is 5.85. The Morgan fingerprint density at radius 1 is 1.17 bits per heavy atom. The number of nitrogens with two attached hydrogens (primary N) is 1. The molecule has 0 aromatic heterocycles. The first-order valence-corrected chi connectivity index (χ1v) is 7.80. The van der Waals surface area contributed by atoms with Gasteiger partial charge in [-0.2, -0.15) is 0 Å². The lowest BCUT2D eigenvalue weighted by Gasteiger charge is -2.35. The standard InChI is InChI=1S/C16H24N4O3/c17-10-15(22)18-11-16(23)20-8-6-19(7-9-20)12-14(21)13-4-2-1-3-5-13/h1-5,14,21H,6-12,17H2,(H,18,22). The number of hydrogen-bond acceptors (Lipinski definition) is 5. The molecule has 0 saturated carbocycles. The van der Waals surface area contributed by atoms with Crippen molar-refractivity contribution in [3.63, 3.8) is 0 Å². The van der Waals surface area contributed by atoms with E-state index in [1.807, 2.05) is 30.3 Å². The van der Waals surface area contributed by atoms with Gasteiger partial charge in [-0.3, -0.25) is 14.5 Å². The molecule has 2 rings (SSSR count). The number of carbonyl (C=O) groups excluding carboxylic acids is 2. The second-order valence-corrected chi connectivity index (χ2v) is 5.59. The van der Waals surface area contributed by atoms with Gasteiger partial charge in [0.1, 0.15) is 0 Å². The summed E-state index contributed by atoms with van der Waals surface area (Å²) in [5.41, 5.74) is 6.08. The van der Waals surface area contributed by atoms with Crippen molar-refractivity contribution in [1.29, 1.82) is 0 Å². The first-order chi connectivity index (χ1) is 11.1. The van der Waals surface area contributed by atoms with E-state index in [0.717, 1.165) is 5.56 Å². The summed E-state index contributed by atoms with van der Waals surface area (Å²) in [7, 11) is 0. The summed E-state index contributed by atoms with van der Waals surface area (Å²) in [6, 6.07) is 9.55. The molecule has 1 heterocycles. The van der Waals surface area contributed by atoms with Crippen molar-refractivity contribution in [1.82, 2.24) is 15.1 Å². The highest BCUT2D eigenvalue weighted by Gasteiger charge is 2.22. The van der Waals surface area contributed by atoms with Crippen LogP contribution in [-0.2, 0) is 9.59 Å². The molecule has 1 fully saturated rings. The zero-order valence-corrected chi connectivity index (χ0v) is 13.1. The van der Waals surface area contributed by atoms with Crippen LogP contribution in [0.1, 0.15) is 11.7 Å². The third-order valence-corrected chi connectivity index (χ3v) is 3.96. The summed E-state index contributed by atoms with van der Waals surface area (Å²) >= 11 is 0. The number of benzene rings is 1. The third-order valence-electron chi connectivity index (χ3n) is 3.96. The average molecular weight is 320 g/mol. The van der Waals surface area contributed by atoms with E-state index < -0.39 is 6.10 Å². The average Bonchev–Trinajstić information content (AvgIpc) is 2.60. The molecule has 1 aromatic carbocycles. The van der Waals surface area contributed by atoms with Gasteiger partial charge in [0.2, 0.25) is 11.8 Å². The summed E-state index contributed by atoms with van der Waals surface area (Å²) in [4.78, 5) is 26.9. The first-order valence-electron chi connectivity index (χ1n) is 7.80. The van der Waals surface area contributed by atoms with Gasteiger partial charge >= 0.3 is 0 Å². The minimum Gasteiger partial charge on any atom is -0.387 e. The summed E-state index contributed by atoms with van der Waals surface area (Å²) in [5, 5.41) is 12.7. The molecule has 1 aliphatic heterocycles. The molecule has 1 aromatic rings. The maximum atomic E-state index is 12.0. The van der Waals surface area contributed by atoms with Gasteiger partial charge in [-0.15, -0.1) is 0 Å². The number of carbonyl (C=O) groups is 2. The third kappa shape index (κ3) is 5.31. The van der Waals surface area contributed by atoms with Crippen molar-refractivity contribution in [3.05, 3.63) is 35.9 Å². The largest absolute Gasteiger partial charge is 0.387 e. The van der Waals surface area contributed by atoms with E-state index in [1.54, 1.807) is 4.90 Å². The van der Waals surface area contributed by atoms with Crippen LogP contribution in [0.15, 0.2) is 30.3 Å². The molecule has 0 radical (unpaired) electrons. The van der Waals surface area contributed by atoms with Gasteiger partial charge in [0, 0.05) is 32.7 Å².